The second-order valence-electron chi connectivity index (χ2n) is 4.71. The van der Waals surface area contributed by atoms with Gasteiger partial charge in [-0.05, 0) is 12.8 Å². The minimum absolute atomic E-state index is 0.0191. The topological polar surface area (TPSA) is 74.7 Å². The summed E-state index contributed by atoms with van der Waals surface area (Å²) >= 11 is 0. The van der Waals surface area contributed by atoms with E-state index in [1.54, 1.807) is 0 Å². The average Bonchev–Trinajstić information content (AvgIpc) is 2.53. The number of carbonyl (C=O) groups is 3. The number of aliphatic carboxylic acids is 1. The van der Waals surface area contributed by atoms with E-state index in [1.165, 1.54) is 6.92 Å². The Balaban J connectivity index is 2.86. The maximum absolute atomic E-state index is 12.2. The van der Waals surface area contributed by atoms with Gasteiger partial charge in [-0.1, -0.05) is 20.8 Å². The van der Waals surface area contributed by atoms with Crippen molar-refractivity contribution in [3.05, 3.63) is 0 Å². The first-order valence-corrected chi connectivity index (χ1v) is 5.95. The van der Waals surface area contributed by atoms with E-state index in [2.05, 4.69) is 0 Å². The lowest BCUT2D eigenvalue weighted by atomic mass is 9.81. The zero-order valence-electron chi connectivity index (χ0n) is 10.5. The lowest BCUT2D eigenvalue weighted by Crippen LogP contribution is -2.39. The summed E-state index contributed by atoms with van der Waals surface area (Å²) in [4.78, 5) is 35.8. The molecule has 5 nitrogen and oxygen atoms in total. The highest BCUT2D eigenvalue weighted by atomic mass is 16.4. The quantitative estimate of drug-likeness (QED) is 0.735. The molecule has 1 aliphatic rings. The predicted octanol–water partition coefficient (Wildman–Crippen LogP) is 1.27. The third-order valence-electron chi connectivity index (χ3n) is 3.72. The van der Waals surface area contributed by atoms with Gasteiger partial charge >= 0.3 is 5.97 Å². The van der Waals surface area contributed by atoms with Gasteiger partial charge in [0, 0.05) is 13.0 Å². The number of carboxylic acids is 1. The average molecular weight is 241 g/mol. The first-order valence-electron chi connectivity index (χ1n) is 5.95. The minimum Gasteiger partial charge on any atom is -0.481 e. The van der Waals surface area contributed by atoms with Crippen LogP contribution in [0, 0.1) is 11.3 Å². The Labute approximate surface area is 101 Å². The van der Waals surface area contributed by atoms with E-state index in [9.17, 15) is 14.4 Å². The van der Waals surface area contributed by atoms with E-state index < -0.39 is 17.3 Å². The molecule has 1 atom stereocenters. The number of imide groups is 1. The SMILES string of the molecule is CCC1(CC)CC(=O)N(CC(C)C(=O)O)C1=O. The number of hydrogen-bond donors (Lipinski definition) is 1. The molecule has 1 fully saturated rings. The van der Waals surface area contributed by atoms with Gasteiger partial charge in [0.05, 0.1) is 11.3 Å². The molecule has 0 aromatic carbocycles. The van der Waals surface area contributed by atoms with Crippen molar-refractivity contribution in [3.8, 4) is 0 Å². The van der Waals surface area contributed by atoms with Crippen LogP contribution in [0.4, 0.5) is 0 Å². The zero-order valence-corrected chi connectivity index (χ0v) is 10.5. The number of likely N-dealkylation sites (tertiary alicyclic amines) is 1. The van der Waals surface area contributed by atoms with Crippen LogP contribution in [-0.4, -0.2) is 34.3 Å². The number of carboxylic acid groups (broad SMARTS) is 1. The molecule has 96 valence electrons. The maximum Gasteiger partial charge on any atom is 0.308 e. The summed E-state index contributed by atoms with van der Waals surface area (Å²) in [5.74, 6) is -2.16. The van der Waals surface area contributed by atoms with E-state index in [1.807, 2.05) is 13.8 Å². The molecule has 1 aliphatic heterocycles. The fourth-order valence-corrected chi connectivity index (χ4v) is 2.20. The van der Waals surface area contributed by atoms with Gasteiger partial charge < -0.3 is 5.11 Å². The Kier molecular flexibility index (Phi) is 3.91. The molecule has 0 saturated carbocycles. The van der Waals surface area contributed by atoms with Crippen LogP contribution < -0.4 is 0 Å². The van der Waals surface area contributed by atoms with Gasteiger partial charge in [-0.3, -0.25) is 19.3 Å². The van der Waals surface area contributed by atoms with Crippen LogP contribution in [0.15, 0.2) is 0 Å². The molecule has 0 spiro atoms. The van der Waals surface area contributed by atoms with E-state index in [0.29, 0.717) is 12.8 Å². The second kappa shape index (κ2) is 4.85. The van der Waals surface area contributed by atoms with Crippen LogP contribution >= 0.6 is 0 Å². The van der Waals surface area contributed by atoms with E-state index >= 15 is 0 Å². The van der Waals surface area contributed by atoms with Crippen molar-refractivity contribution in [2.75, 3.05) is 6.54 Å². The molecule has 2 amide bonds. The number of amides is 2. The van der Waals surface area contributed by atoms with Crippen molar-refractivity contribution < 1.29 is 19.5 Å². The molecule has 1 unspecified atom stereocenters. The summed E-state index contributed by atoms with van der Waals surface area (Å²) < 4.78 is 0. The Bertz CT molecular complexity index is 346. The van der Waals surface area contributed by atoms with Crippen molar-refractivity contribution in [2.45, 2.75) is 40.0 Å². The highest BCUT2D eigenvalue weighted by Gasteiger charge is 2.49. The standard InChI is InChI=1S/C12H19NO4/c1-4-12(5-2)6-9(14)13(11(12)17)7-8(3)10(15)16/h8H,4-7H2,1-3H3,(H,15,16). The molecule has 0 aromatic rings. The second-order valence-corrected chi connectivity index (χ2v) is 4.71. The van der Waals surface area contributed by atoms with Crippen LogP contribution in [-0.2, 0) is 14.4 Å². The van der Waals surface area contributed by atoms with Crippen molar-refractivity contribution in [1.82, 2.24) is 4.90 Å². The van der Waals surface area contributed by atoms with Gasteiger partial charge in [0.1, 0.15) is 0 Å². The van der Waals surface area contributed by atoms with Crippen LogP contribution in [0.25, 0.3) is 0 Å². The lowest BCUT2D eigenvalue weighted by Gasteiger charge is -2.24. The lowest BCUT2D eigenvalue weighted by molar-refractivity contribution is -0.146. The largest absolute Gasteiger partial charge is 0.481 e. The first-order chi connectivity index (χ1) is 7.88. The number of nitrogens with zero attached hydrogens (tertiary/aromatic N) is 1. The summed E-state index contributed by atoms with van der Waals surface area (Å²) in [5, 5.41) is 8.81. The number of rotatable bonds is 5. The first kappa shape index (κ1) is 13.7. The van der Waals surface area contributed by atoms with Crippen LogP contribution in [0.1, 0.15) is 40.0 Å². The molecular weight excluding hydrogens is 222 g/mol. The van der Waals surface area contributed by atoms with Crippen molar-refractivity contribution in [1.29, 1.82) is 0 Å². The van der Waals surface area contributed by atoms with Gasteiger partial charge in [-0.15, -0.1) is 0 Å². The monoisotopic (exact) mass is 241 g/mol. The zero-order chi connectivity index (χ0) is 13.2. The van der Waals surface area contributed by atoms with Crippen LogP contribution in [0.5, 0.6) is 0 Å². The van der Waals surface area contributed by atoms with Gasteiger partial charge in [-0.2, -0.15) is 0 Å². The van der Waals surface area contributed by atoms with Gasteiger partial charge in [0.25, 0.3) is 0 Å². The van der Waals surface area contributed by atoms with E-state index in [-0.39, 0.29) is 24.8 Å². The minimum atomic E-state index is -0.990. The summed E-state index contributed by atoms with van der Waals surface area (Å²) in [7, 11) is 0. The number of hydrogen-bond acceptors (Lipinski definition) is 3. The van der Waals surface area contributed by atoms with E-state index in [0.717, 1.165) is 4.90 Å². The molecule has 0 radical (unpaired) electrons. The van der Waals surface area contributed by atoms with E-state index in [4.69, 9.17) is 5.11 Å². The van der Waals surface area contributed by atoms with Crippen LogP contribution in [0.2, 0.25) is 0 Å². The fourth-order valence-electron chi connectivity index (χ4n) is 2.20. The molecule has 5 heteroatoms. The van der Waals surface area contributed by atoms with Gasteiger partial charge in [-0.25, -0.2) is 0 Å². The van der Waals surface area contributed by atoms with Crippen molar-refractivity contribution >= 4 is 17.8 Å². The molecule has 0 aromatic heterocycles. The highest BCUT2D eigenvalue weighted by Crippen LogP contribution is 2.39. The maximum atomic E-state index is 12.2. The molecule has 0 bridgehead atoms. The smallest absolute Gasteiger partial charge is 0.308 e. The van der Waals surface area contributed by atoms with Crippen molar-refractivity contribution in [3.63, 3.8) is 0 Å². The molecule has 1 saturated heterocycles. The van der Waals surface area contributed by atoms with Gasteiger partial charge in [0.2, 0.25) is 11.8 Å². The third-order valence-corrected chi connectivity index (χ3v) is 3.72. The molecule has 17 heavy (non-hydrogen) atoms. The molecule has 1 N–H and O–H groups in total. The van der Waals surface area contributed by atoms with Crippen LogP contribution in [0.3, 0.4) is 0 Å². The molecule has 0 aliphatic carbocycles. The molecule has 1 rings (SSSR count). The third kappa shape index (κ3) is 2.33. The normalized spacial score (nSPS) is 20.8. The summed E-state index contributed by atoms with van der Waals surface area (Å²) in [6.45, 7) is 5.26. The predicted molar refractivity (Wildman–Crippen MR) is 61.2 cm³/mol. The Morgan fingerprint density at radius 2 is 1.94 bits per heavy atom. The summed E-state index contributed by atoms with van der Waals surface area (Å²) in [5.41, 5.74) is -0.602. The summed E-state index contributed by atoms with van der Waals surface area (Å²) in [6.07, 6.45) is 1.45. The molecular formula is C12H19NO4. The fraction of sp³-hybridized carbons (Fsp3) is 0.750. The Morgan fingerprint density at radius 3 is 2.29 bits per heavy atom. The summed E-state index contributed by atoms with van der Waals surface area (Å²) in [6, 6.07) is 0. The highest BCUT2D eigenvalue weighted by molar-refractivity contribution is 6.06. The molecule has 1 heterocycles. The Morgan fingerprint density at radius 1 is 1.41 bits per heavy atom. The number of carbonyl (C=O) groups excluding carboxylic acids is 2. The Hall–Kier alpha value is -1.39. The van der Waals surface area contributed by atoms with Gasteiger partial charge in [0.15, 0.2) is 0 Å². The van der Waals surface area contributed by atoms with Crippen molar-refractivity contribution in [2.24, 2.45) is 11.3 Å².